The van der Waals surface area contributed by atoms with Crippen molar-refractivity contribution < 1.29 is 14.3 Å². The summed E-state index contributed by atoms with van der Waals surface area (Å²) >= 11 is 0. The number of carbonyl (C=O) groups is 2. The lowest BCUT2D eigenvalue weighted by atomic mass is 10.1. The minimum Gasteiger partial charge on any atom is -0.452 e. The number of ether oxygens (including phenoxy) is 1. The molecular weight excluding hydrogens is 304 g/mol. The number of amides is 1. The number of hydrogen-bond donors (Lipinski definition) is 1. The van der Waals surface area contributed by atoms with Gasteiger partial charge < -0.3 is 10.1 Å². The highest BCUT2D eigenvalue weighted by Gasteiger charge is 2.10. The van der Waals surface area contributed by atoms with Crippen molar-refractivity contribution in [3.8, 4) is 6.07 Å². The Morgan fingerprint density at radius 1 is 1.04 bits per heavy atom. The summed E-state index contributed by atoms with van der Waals surface area (Å²) in [7, 11) is 0. The maximum Gasteiger partial charge on any atom is 0.338 e. The molecule has 1 amide bonds. The summed E-state index contributed by atoms with van der Waals surface area (Å²) in [5.74, 6) is -0.946. The van der Waals surface area contributed by atoms with Crippen LogP contribution in [0.3, 0.4) is 0 Å². The summed E-state index contributed by atoms with van der Waals surface area (Å²) in [6, 6.07) is 16.1. The summed E-state index contributed by atoms with van der Waals surface area (Å²) in [6.45, 7) is 1.68. The summed E-state index contributed by atoms with van der Waals surface area (Å²) in [5, 5.41) is 11.2. The zero-order valence-electron chi connectivity index (χ0n) is 13.4. The molecule has 0 radical (unpaired) electrons. The van der Waals surface area contributed by atoms with Crippen molar-refractivity contribution >= 4 is 17.6 Å². The molecule has 0 saturated heterocycles. The Balaban J connectivity index is 1.83. The lowest BCUT2D eigenvalue weighted by Crippen LogP contribution is -2.20. The van der Waals surface area contributed by atoms with Gasteiger partial charge in [0.25, 0.3) is 5.91 Å². The van der Waals surface area contributed by atoms with Crippen molar-refractivity contribution in [1.29, 1.82) is 5.26 Å². The fraction of sp³-hybridized carbons (Fsp3) is 0.211. The zero-order chi connectivity index (χ0) is 17.4. The third kappa shape index (κ3) is 4.96. The van der Waals surface area contributed by atoms with Crippen molar-refractivity contribution in [3.63, 3.8) is 0 Å². The number of esters is 1. The maximum atomic E-state index is 11.9. The van der Waals surface area contributed by atoms with E-state index in [2.05, 4.69) is 11.4 Å². The van der Waals surface area contributed by atoms with Gasteiger partial charge in [-0.3, -0.25) is 4.79 Å². The summed E-state index contributed by atoms with van der Waals surface area (Å²) in [5.41, 5.74) is 3.01. The van der Waals surface area contributed by atoms with E-state index in [1.54, 1.807) is 36.4 Å². The number of anilines is 1. The Hall–Kier alpha value is -3.13. The smallest absolute Gasteiger partial charge is 0.338 e. The number of nitrogens with one attached hydrogen (secondary N) is 1. The normalized spacial score (nSPS) is 9.83. The van der Waals surface area contributed by atoms with Gasteiger partial charge in [0.05, 0.1) is 18.1 Å². The number of benzene rings is 2. The molecule has 0 aliphatic rings. The molecule has 0 spiro atoms. The van der Waals surface area contributed by atoms with Gasteiger partial charge in [0.15, 0.2) is 6.61 Å². The molecule has 0 fully saturated rings. The second-order valence-electron chi connectivity index (χ2n) is 5.21. The largest absolute Gasteiger partial charge is 0.452 e. The Bertz CT molecular complexity index is 744. The van der Waals surface area contributed by atoms with Crippen LogP contribution in [0.1, 0.15) is 28.4 Å². The highest BCUT2D eigenvalue weighted by atomic mass is 16.5. The van der Waals surface area contributed by atoms with E-state index in [1.807, 2.05) is 19.1 Å². The zero-order valence-corrected chi connectivity index (χ0v) is 13.4. The van der Waals surface area contributed by atoms with Crippen molar-refractivity contribution in [2.75, 3.05) is 11.9 Å². The summed E-state index contributed by atoms with van der Waals surface area (Å²) in [4.78, 5) is 23.7. The number of aryl methyl sites for hydroxylation is 1. The van der Waals surface area contributed by atoms with Gasteiger partial charge >= 0.3 is 5.97 Å². The average Bonchev–Trinajstić information content (AvgIpc) is 2.61. The molecule has 0 atom stereocenters. The average molecular weight is 322 g/mol. The predicted molar refractivity (Wildman–Crippen MR) is 90.5 cm³/mol. The van der Waals surface area contributed by atoms with Crippen LogP contribution in [-0.2, 0) is 22.4 Å². The minimum atomic E-state index is -0.530. The van der Waals surface area contributed by atoms with Gasteiger partial charge in [0.2, 0.25) is 0 Å². The van der Waals surface area contributed by atoms with Gasteiger partial charge in [-0.2, -0.15) is 5.26 Å². The van der Waals surface area contributed by atoms with Crippen molar-refractivity contribution in [3.05, 3.63) is 65.2 Å². The van der Waals surface area contributed by atoms with E-state index < -0.39 is 11.9 Å². The van der Waals surface area contributed by atoms with E-state index in [-0.39, 0.29) is 6.61 Å². The molecule has 5 nitrogen and oxygen atoms in total. The monoisotopic (exact) mass is 322 g/mol. The number of nitriles is 1. The van der Waals surface area contributed by atoms with Gasteiger partial charge in [-0.15, -0.1) is 0 Å². The second kappa shape index (κ2) is 8.49. The standard InChI is InChI=1S/C19H18N2O3/c1-2-14-3-7-16(8-4-14)19(23)24-13-18(22)21-17-9-5-15(6-10-17)11-12-20/h3-10H,2,11,13H2,1H3,(H,21,22). The molecule has 0 aliphatic heterocycles. The van der Waals surface area contributed by atoms with Crippen LogP contribution >= 0.6 is 0 Å². The molecular formula is C19H18N2O3. The lowest BCUT2D eigenvalue weighted by Gasteiger charge is -2.07. The molecule has 1 N–H and O–H groups in total. The molecule has 0 bridgehead atoms. The van der Waals surface area contributed by atoms with E-state index in [0.29, 0.717) is 17.7 Å². The Kier molecular flexibility index (Phi) is 6.09. The molecule has 5 heteroatoms. The topological polar surface area (TPSA) is 79.2 Å². The summed E-state index contributed by atoms with van der Waals surface area (Å²) < 4.78 is 5.00. The molecule has 0 aliphatic carbocycles. The molecule has 0 saturated carbocycles. The molecule has 0 heterocycles. The molecule has 0 aromatic heterocycles. The van der Waals surface area contributed by atoms with Crippen molar-refractivity contribution in [2.24, 2.45) is 0 Å². The quantitative estimate of drug-likeness (QED) is 0.829. The third-order valence-corrected chi connectivity index (χ3v) is 3.45. The Morgan fingerprint density at radius 2 is 1.67 bits per heavy atom. The SMILES string of the molecule is CCc1ccc(C(=O)OCC(=O)Nc2ccc(CC#N)cc2)cc1. The predicted octanol–water partition coefficient (Wildman–Crippen LogP) is 3.11. The van der Waals surface area contributed by atoms with Gasteiger partial charge in [-0.25, -0.2) is 4.79 Å². The molecule has 24 heavy (non-hydrogen) atoms. The highest BCUT2D eigenvalue weighted by Crippen LogP contribution is 2.10. The van der Waals surface area contributed by atoms with E-state index in [0.717, 1.165) is 17.5 Å². The number of carbonyl (C=O) groups excluding carboxylic acids is 2. The van der Waals surface area contributed by atoms with Gasteiger partial charge in [-0.1, -0.05) is 31.2 Å². The maximum absolute atomic E-state index is 11.9. The van der Waals surface area contributed by atoms with Crippen molar-refractivity contribution in [2.45, 2.75) is 19.8 Å². The summed E-state index contributed by atoms with van der Waals surface area (Å²) in [6.07, 6.45) is 1.22. The Morgan fingerprint density at radius 3 is 2.25 bits per heavy atom. The van der Waals surface area contributed by atoms with Crippen LogP contribution in [0, 0.1) is 11.3 Å². The van der Waals surface area contributed by atoms with E-state index in [1.165, 1.54) is 0 Å². The number of hydrogen-bond acceptors (Lipinski definition) is 4. The number of nitrogens with zero attached hydrogens (tertiary/aromatic N) is 1. The van der Waals surface area contributed by atoms with E-state index >= 15 is 0 Å². The third-order valence-electron chi connectivity index (χ3n) is 3.45. The van der Waals surface area contributed by atoms with Crippen LogP contribution in [0.15, 0.2) is 48.5 Å². The fourth-order valence-corrected chi connectivity index (χ4v) is 2.09. The van der Waals surface area contributed by atoms with Crippen LogP contribution in [0.2, 0.25) is 0 Å². The van der Waals surface area contributed by atoms with Gasteiger partial charge in [0.1, 0.15) is 0 Å². The first-order valence-corrected chi connectivity index (χ1v) is 7.64. The van der Waals surface area contributed by atoms with Crippen LogP contribution in [0.25, 0.3) is 0 Å². The fourth-order valence-electron chi connectivity index (χ4n) is 2.09. The first kappa shape index (κ1) is 17.2. The van der Waals surface area contributed by atoms with E-state index in [4.69, 9.17) is 10.00 Å². The minimum absolute atomic E-state index is 0.322. The van der Waals surface area contributed by atoms with Crippen LogP contribution in [-0.4, -0.2) is 18.5 Å². The van der Waals surface area contributed by atoms with Crippen LogP contribution in [0.4, 0.5) is 5.69 Å². The second-order valence-corrected chi connectivity index (χ2v) is 5.21. The highest BCUT2D eigenvalue weighted by molar-refractivity contribution is 5.95. The van der Waals surface area contributed by atoms with Gasteiger partial charge in [-0.05, 0) is 41.8 Å². The molecule has 2 aromatic carbocycles. The molecule has 0 unspecified atom stereocenters. The first-order valence-electron chi connectivity index (χ1n) is 7.64. The van der Waals surface area contributed by atoms with Gasteiger partial charge in [0, 0.05) is 5.69 Å². The molecule has 2 rings (SSSR count). The van der Waals surface area contributed by atoms with Crippen molar-refractivity contribution in [1.82, 2.24) is 0 Å². The van der Waals surface area contributed by atoms with Crippen LogP contribution in [0.5, 0.6) is 0 Å². The first-order chi connectivity index (χ1) is 11.6. The van der Waals surface area contributed by atoms with Crippen LogP contribution < -0.4 is 5.32 Å². The molecule has 2 aromatic rings. The lowest BCUT2D eigenvalue weighted by molar-refractivity contribution is -0.119. The van der Waals surface area contributed by atoms with E-state index in [9.17, 15) is 9.59 Å². The number of rotatable bonds is 6. The Labute approximate surface area is 140 Å². The molecule has 122 valence electrons.